The maximum absolute atomic E-state index is 13.3. The first kappa shape index (κ1) is 13.0. The van der Waals surface area contributed by atoms with Crippen LogP contribution in [0.15, 0.2) is 42.5 Å². The van der Waals surface area contributed by atoms with E-state index in [1.165, 1.54) is 37.0 Å². The van der Waals surface area contributed by atoms with Crippen LogP contribution < -0.4 is 0 Å². The molecule has 102 valence electrons. The molecule has 1 saturated carbocycles. The molecule has 2 heteroatoms. The fourth-order valence-corrected chi connectivity index (χ4v) is 2.64. The van der Waals surface area contributed by atoms with Gasteiger partial charge < -0.3 is 0 Å². The third-order valence-corrected chi connectivity index (χ3v) is 4.19. The number of rotatable bonds is 3. The molecule has 0 aliphatic heterocycles. The van der Waals surface area contributed by atoms with Gasteiger partial charge in [0.25, 0.3) is 0 Å². The van der Waals surface area contributed by atoms with Crippen LogP contribution in [0, 0.1) is 12.7 Å². The van der Waals surface area contributed by atoms with Gasteiger partial charge in [-0.3, -0.25) is 4.79 Å². The predicted octanol–water partition coefficient (Wildman–Crippen LogP) is 4.63. The van der Waals surface area contributed by atoms with Gasteiger partial charge in [-0.1, -0.05) is 36.8 Å². The van der Waals surface area contributed by atoms with Crippen molar-refractivity contribution in [1.29, 1.82) is 0 Å². The van der Waals surface area contributed by atoms with E-state index in [1.807, 2.05) is 31.2 Å². The van der Waals surface area contributed by atoms with Gasteiger partial charge in [-0.2, -0.15) is 0 Å². The third kappa shape index (κ3) is 2.38. The van der Waals surface area contributed by atoms with Gasteiger partial charge >= 0.3 is 0 Å². The van der Waals surface area contributed by atoms with Crippen LogP contribution in [-0.4, -0.2) is 5.78 Å². The molecule has 1 fully saturated rings. The first-order valence-electron chi connectivity index (χ1n) is 7.06. The summed E-state index contributed by atoms with van der Waals surface area (Å²) in [5.41, 5.74) is 3.19. The zero-order chi connectivity index (χ0) is 14.1. The molecule has 0 aromatic heterocycles. The molecule has 2 aromatic carbocycles. The molecule has 1 aliphatic rings. The van der Waals surface area contributed by atoms with E-state index < -0.39 is 0 Å². The Kier molecular flexibility index (Phi) is 3.39. The highest BCUT2D eigenvalue weighted by Gasteiger charge is 2.20. The Hall–Kier alpha value is -1.96. The second-order valence-electron chi connectivity index (χ2n) is 5.54. The van der Waals surface area contributed by atoms with Crippen molar-refractivity contribution in [1.82, 2.24) is 0 Å². The number of ketones is 1. The van der Waals surface area contributed by atoms with Crippen LogP contribution in [0.3, 0.4) is 0 Å². The van der Waals surface area contributed by atoms with Crippen molar-refractivity contribution in [3.63, 3.8) is 0 Å². The van der Waals surface area contributed by atoms with E-state index in [-0.39, 0.29) is 11.6 Å². The van der Waals surface area contributed by atoms with Crippen LogP contribution in [0.25, 0.3) is 0 Å². The van der Waals surface area contributed by atoms with E-state index in [4.69, 9.17) is 0 Å². The highest BCUT2D eigenvalue weighted by Crippen LogP contribution is 2.36. The van der Waals surface area contributed by atoms with Crippen LogP contribution in [0.5, 0.6) is 0 Å². The van der Waals surface area contributed by atoms with Crippen LogP contribution >= 0.6 is 0 Å². The maximum atomic E-state index is 13.3. The molecule has 0 amide bonds. The van der Waals surface area contributed by atoms with Crippen molar-refractivity contribution < 1.29 is 9.18 Å². The largest absolute Gasteiger partial charge is 0.289 e. The smallest absolute Gasteiger partial charge is 0.193 e. The van der Waals surface area contributed by atoms with Gasteiger partial charge in [-0.15, -0.1) is 0 Å². The first-order chi connectivity index (χ1) is 9.65. The lowest BCUT2D eigenvalue weighted by Gasteiger charge is -2.25. The van der Waals surface area contributed by atoms with Gasteiger partial charge in [0.1, 0.15) is 5.82 Å². The Morgan fingerprint density at radius 2 is 1.80 bits per heavy atom. The molecule has 0 heterocycles. The monoisotopic (exact) mass is 268 g/mol. The Labute approximate surface area is 118 Å². The quantitative estimate of drug-likeness (QED) is 0.741. The molecule has 3 rings (SSSR count). The Morgan fingerprint density at radius 1 is 1.10 bits per heavy atom. The first-order valence-corrected chi connectivity index (χ1v) is 7.06. The topological polar surface area (TPSA) is 17.1 Å². The van der Waals surface area contributed by atoms with Crippen LogP contribution in [0.2, 0.25) is 0 Å². The Morgan fingerprint density at radius 3 is 2.40 bits per heavy atom. The summed E-state index contributed by atoms with van der Waals surface area (Å²) in [4.78, 5) is 12.4. The van der Waals surface area contributed by atoms with Crippen LogP contribution in [0.1, 0.15) is 52.2 Å². The standard InChI is InChI=1S/C18H17FO/c1-12-5-10-16(19)11-17(12)18(20)15-8-6-14(7-9-15)13-3-2-4-13/h5-11,13H,2-4H2,1H3. The Balaban J connectivity index is 1.88. The Bertz CT molecular complexity index is 639. The minimum absolute atomic E-state index is 0.109. The summed E-state index contributed by atoms with van der Waals surface area (Å²) in [5.74, 6) is 0.183. The fourth-order valence-electron chi connectivity index (χ4n) is 2.64. The number of aryl methyl sites for hydroxylation is 1. The second-order valence-corrected chi connectivity index (χ2v) is 5.54. The van der Waals surface area contributed by atoms with Crippen molar-refractivity contribution in [2.24, 2.45) is 0 Å². The number of hydrogen-bond acceptors (Lipinski definition) is 1. The molecular formula is C18H17FO. The summed E-state index contributed by atoms with van der Waals surface area (Å²) in [5, 5.41) is 0. The molecule has 0 bridgehead atoms. The number of halogens is 1. The summed E-state index contributed by atoms with van der Waals surface area (Å²) in [7, 11) is 0. The molecule has 0 N–H and O–H groups in total. The van der Waals surface area contributed by atoms with Crippen molar-refractivity contribution in [2.45, 2.75) is 32.1 Å². The molecule has 2 aromatic rings. The highest BCUT2D eigenvalue weighted by molar-refractivity contribution is 6.09. The van der Waals surface area contributed by atoms with E-state index in [1.54, 1.807) is 6.07 Å². The van der Waals surface area contributed by atoms with Crippen molar-refractivity contribution >= 4 is 5.78 Å². The van der Waals surface area contributed by atoms with Gasteiger partial charge in [-0.25, -0.2) is 4.39 Å². The molecule has 1 nitrogen and oxygen atoms in total. The summed E-state index contributed by atoms with van der Waals surface area (Å²) >= 11 is 0. The average Bonchev–Trinajstić information content (AvgIpc) is 2.40. The van der Waals surface area contributed by atoms with Gasteiger partial charge in [0, 0.05) is 11.1 Å². The average molecular weight is 268 g/mol. The number of carbonyl (C=O) groups excluding carboxylic acids is 1. The predicted molar refractivity (Wildman–Crippen MR) is 77.6 cm³/mol. The van der Waals surface area contributed by atoms with Crippen LogP contribution in [0.4, 0.5) is 4.39 Å². The van der Waals surface area contributed by atoms with Crippen molar-refractivity contribution in [3.8, 4) is 0 Å². The lowest BCUT2D eigenvalue weighted by Crippen LogP contribution is -2.09. The fraction of sp³-hybridized carbons (Fsp3) is 0.278. The van der Waals surface area contributed by atoms with Gasteiger partial charge in [0.05, 0.1) is 0 Å². The minimum Gasteiger partial charge on any atom is -0.289 e. The number of benzene rings is 2. The van der Waals surface area contributed by atoms with E-state index >= 15 is 0 Å². The lowest BCUT2D eigenvalue weighted by molar-refractivity contribution is 0.103. The van der Waals surface area contributed by atoms with Crippen molar-refractivity contribution in [3.05, 3.63) is 70.5 Å². The normalized spacial score (nSPS) is 14.9. The summed E-state index contributed by atoms with van der Waals surface area (Å²) in [6, 6.07) is 12.1. The van der Waals surface area contributed by atoms with E-state index in [9.17, 15) is 9.18 Å². The van der Waals surface area contributed by atoms with Gasteiger partial charge in [-0.05, 0) is 48.9 Å². The zero-order valence-corrected chi connectivity index (χ0v) is 11.5. The molecule has 0 spiro atoms. The number of hydrogen-bond donors (Lipinski definition) is 0. The SMILES string of the molecule is Cc1ccc(F)cc1C(=O)c1ccc(C2CCC2)cc1. The van der Waals surface area contributed by atoms with Crippen LogP contribution in [-0.2, 0) is 0 Å². The minimum atomic E-state index is -0.370. The number of carbonyl (C=O) groups is 1. The molecule has 1 aliphatic carbocycles. The summed E-state index contributed by atoms with van der Waals surface area (Å²) in [6.07, 6.45) is 3.79. The van der Waals surface area contributed by atoms with E-state index in [2.05, 4.69) is 0 Å². The zero-order valence-electron chi connectivity index (χ0n) is 11.5. The molecule has 0 atom stereocenters. The molecular weight excluding hydrogens is 251 g/mol. The second kappa shape index (κ2) is 5.20. The van der Waals surface area contributed by atoms with Gasteiger partial charge in [0.2, 0.25) is 0 Å². The van der Waals surface area contributed by atoms with E-state index in [0.717, 1.165) is 5.56 Å². The third-order valence-electron chi connectivity index (χ3n) is 4.19. The maximum Gasteiger partial charge on any atom is 0.193 e. The molecule has 20 heavy (non-hydrogen) atoms. The highest BCUT2D eigenvalue weighted by atomic mass is 19.1. The molecule has 0 unspecified atom stereocenters. The molecule has 0 radical (unpaired) electrons. The molecule has 0 saturated heterocycles. The van der Waals surface area contributed by atoms with Gasteiger partial charge in [0.15, 0.2) is 5.78 Å². The van der Waals surface area contributed by atoms with Crippen molar-refractivity contribution in [2.75, 3.05) is 0 Å². The lowest BCUT2D eigenvalue weighted by atomic mass is 9.80. The summed E-state index contributed by atoms with van der Waals surface area (Å²) < 4.78 is 13.3. The summed E-state index contributed by atoms with van der Waals surface area (Å²) in [6.45, 7) is 1.83. The van der Waals surface area contributed by atoms with E-state index in [0.29, 0.717) is 17.0 Å².